The Bertz CT molecular complexity index is 1100. The highest BCUT2D eigenvalue weighted by atomic mass is 19.1. The fraction of sp³-hybridized carbons (Fsp3) is 0.182. The summed E-state index contributed by atoms with van der Waals surface area (Å²) in [5, 5.41) is 7.61. The quantitative estimate of drug-likeness (QED) is 0.438. The van der Waals surface area contributed by atoms with Gasteiger partial charge in [0.05, 0.1) is 0 Å². The molecule has 0 fully saturated rings. The first-order valence-corrected chi connectivity index (χ1v) is 9.32. The number of aryl methyl sites for hydroxylation is 1. The van der Waals surface area contributed by atoms with Crippen molar-refractivity contribution in [3.05, 3.63) is 71.7 Å². The second-order valence-electron chi connectivity index (χ2n) is 6.66. The number of nitrogens with one attached hydrogen (secondary N) is 3. The van der Waals surface area contributed by atoms with Crippen molar-refractivity contribution >= 4 is 22.7 Å². The summed E-state index contributed by atoms with van der Waals surface area (Å²) in [6.45, 7) is 5.56. The van der Waals surface area contributed by atoms with E-state index in [1.807, 2.05) is 13.0 Å². The van der Waals surface area contributed by atoms with Gasteiger partial charge in [-0.15, -0.1) is 0 Å². The number of aromatic nitrogens is 3. The molecule has 0 saturated carbocycles. The van der Waals surface area contributed by atoms with Crippen molar-refractivity contribution < 1.29 is 4.39 Å². The van der Waals surface area contributed by atoms with E-state index in [1.54, 1.807) is 18.3 Å². The largest absolute Gasteiger partial charge is 0.370 e. The molecular formula is C22H22FN5. The summed E-state index contributed by atoms with van der Waals surface area (Å²) in [7, 11) is 0. The molecule has 3 N–H and O–H groups in total. The van der Waals surface area contributed by atoms with E-state index >= 15 is 0 Å². The third-order valence-corrected chi connectivity index (χ3v) is 4.72. The second-order valence-corrected chi connectivity index (χ2v) is 6.66. The highest BCUT2D eigenvalue weighted by Crippen LogP contribution is 2.30. The van der Waals surface area contributed by atoms with Crippen molar-refractivity contribution in [2.45, 2.75) is 20.4 Å². The predicted molar refractivity (Wildman–Crippen MR) is 112 cm³/mol. The molecule has 0 saturated heterocycles. The maximum Gasteiger partial charge on any atom is 0.224 e. The Morgan fingerprint density at radius 3 is 2.64 bits per heavy atom. The number of fused-ring (bicyclic) bond motifs is 1. The molecule has 0 radical (unpaired) electrons. The third-order valence-electron chi connectivity index (χ3n) is 4.72. The molecule has 2 aromatic heterocycles. The fourth-order valence-corrected chi connectivity index (χ4v) is 3.29. The molecule has 4 rings (SSSR count). The van der Waals surface area contributed by atoms with E-state index < -0.39 is 0 Å². The third kappa shape index (κ3) is 3.67. The van der Waals surface area contributed by atoms with Crippen LogP contribution in [-0.4, -0.2) is 21.5 Å². The Labute approximate surface area is 163 Å². The first kappa shape index (κ1) is 18.0. The van der Waals surface area contributed by atoms with E-state index in [1.165, 1.54) is 12.1 Å². The molecule has 0 atom stereocenters. The molecule has 2 heterocycles. The lowest BCUT2D eigenvalue weighted by atomic mass is 10.1. The van der Waals surface area contributed by atoms with Crippen LogP contribution in [-0.2, 0) is 6.54 Å². The molecule has 0 spiro atoms. The molecule has 0 aliphatic heterocycles. The van der Waals surface area contributed by atoms with Crippen LogP contribution in [0.2, 0.25) is 0 Å². The Balaban J connectivity index is 1.57. The van der Waals surface area contributed by atoms with Gasteiger partial charge in [0.1, 0.15) is 11.6 Å². The van der Waals surface area contributed by atoms with E-state index in [0.717, 1.165) is 45.6 Å². The minimum Gasteiger partial charge on any atom is -0.370 e. The number of nitrogens with zero attached hydrogens (tertiary/aromatic N) is 2. The molecule has 6 heteroatoms. The zero-order chi connectivity index (χ0) is 19.5. The van der Waals surface area contributed by atoms with Crippen molar-refractivity contribution in [1.82, 2.24) is 15.0 Å². The molecular weight excluding hydrogens is 353 g/mol. The van der Waals surface area contributed by atoms with Gasteiger partial charge >= 0.3 is 0 Å². The van der Waals surface area contributed by atoms with Gasteiger partial charge in [0.2, 0.25) is 5.95 Å². The smallest absolute Gasteiger partial charge is 0.224 e. The van der Waals surface area contributed by atoms with E-state index in [9.17, 15) is 4.39 Å². The molecule has 0 amide bonds. The van der Waals surface area contributed by atoms with E-state index in [-0.39, 0.29) is 5.82 Å². The predicted octanol–water partition coefficient (Wildman–Crippen LogP) is 5.12. The van der Waals surface area contributed by atoms with Crippen molar-refractivity contribution in [1.29, 1.82) is 0 Å². The zero-order valence-electron chi connectivity index (χ0n) is 15.9. The summed E-state index contributed by atoms with van der Waals surface area (Å²) in [5.41, 5.74) is 5.34. The number of hydrogen-bond acceptors (Lipinski definition) is 4. The molecule has 4 aromatic rings. The number of hydrogen-bond donors (Lipinski definition) is 3. The summed E-state index contributed by atoms with van der Waals surface area (Å²) in [5.74, 6) is 1.17. The molecule has 0 unspecified atom stereocenters. The van der Waals surface area contributed by atoms with E-state index in [0.29, 0.717) is 12.5 Å². The zero-order valence-corrected chi connectivity index (χ0v) is 15.9. The SMILES string of the molecule is CCNc1ccnc(NCc2ccc3[nH]c(-c4ccc(F)cc4)c(C)c3c2)n1. The lowest BCUT2D eigenvalue weighted by Crippen LogP contribution is -2.06. The second kappa shape index (κ2) is 7.68. The normalized spacial score (nSPS) is 11.0. The standard InChI is InChI=1S/C22H22FN5/c1-3-24-20-10-11-25-22(28-20)26-13-15-4-9-19-18(12-15)14(2)21(27-19)16-5-7-17(23)8-6-16/h4-12,27H,3,13H2,1-2H3,(H2,24,25,26,28). The van der Waals surface area contributed by atoms with Crippen molar-refractivity contribution in [2.24, 2.45) is 0 Å². The number of aromatic amines is 1. The van der Waals surface area contributed by atoms with Crippen LogP contribution >= 0.6 is 0 Å². The Hall–Kier alpha value is -3.41. The summed E-state index contributed by atoms with van der Waals surface area (Å²) in [4.78, 5) is 12.2. The van der Waals surface area contributed by atoms with Gasteiger partial charge < -0.3 is 15.6 Å². The highest BCUT2D eigenvalue weighted by Gasteiger charge is 2.10. The molecule has 142 valence electrons. The molecule has 0 aliphatic carbocycles. The Morgan fingerprint density at radius 1 is 1.04 bits per heavy atom. The monoisotopic (exact) mass is 375 g/mol. The van der Waals surface area contributed by atoms with Gasteiger partial charge in [0, 0.05) is 35.9 Å². The fourth-order valence-electron chi connectivity index (χ4n) is 3.29. The lowest BCUT2D eigenvalue weighted by molar-refractivity contribution is 0.628. The molecule has 2 aromatic carbocycles. The Kier molecular flexibility index (Phi) is 4.93. The van der Waals surface area contributed by atoms with Crippen molar-refractivity contribution in [3.63, 3.8) is 0 Å². The molecule has 28 heavy (non-hydrogen) atoms. The molecule has 0 bridgehead atoms. The minimum atomic E-state index is -0.230. The van der Waals surface area contributed by atoms with Gasteiger partial charge in [-0.1, -0.05) is 6.07 Å². The van der Waals surface area contributed by atoms with Crippen LogP contribution < -0.4 is 10.6 Å². The minimum absolute atomic E-state index is 0.230. The van der Waals surface area contributed by atoms with Crippen LogP contribution in [0.1, 0.15) is 18.1 Å². The van der Waals surface area contributed by atoms with Gasteiger partial charge in [-0.25, -0.2) is 9.37 Å². The topological polar surface area (TPSA) is 65.6 Å². The first-order valence-electron chi connectivity index (χ1n) is 9.32. The van der Waals surface area contributed by atoms with Crippen LogP contribution in [0.5, 0.6) is 0 Å². The van der Waals surface area contributed by atoms with Crippen LogP contribution in [0.15, 0.2) is 54.7 Å². The van der Waals surface area contributed by atoms with Gasteiger partial charge in [-0.05, 0) is 73.0 Å². The number of H-pyrrole nitrogens is 1. The van der Waals surface area contributed by atoms with Crippen LogP contribution in [0.4, 0.5) is 16.2 Å². The van der Waals surface area contributed by atoms with Crippen LogP contribution in [0.3, 0.4) is 0 Å². The first-order chi connectivity index (χ1) is 13.6. The molecule has 5 nitrogen and oxygen atoms in total. The number of anilines is 2. The highest BCUT2D eigenvalue weighted by molar-refractivity contribution is 5.91. The van der Waals surface area contributed by atoms with E-state index in [2.05, 4.69) is 50.7 Å². The number of rotatable bonds is 6. The van der Waals surface area contributed by atoms with Gasteiger partial charge in [-0.2, -0.15) is 4.98 Å². The lowest BCUT2D eigenvalue weighted by Gasteiger charge is -2.07. The van der Waals surface area contributed by atoms with Gasteiger partial charge in [-0.3, -0.25) is 0 Å². The molecule has 0 aliphatic rings. The summed E-state index contributed by atoms with van der Waals surface area (Å²) >= 11 is 0. The average Bonchev–Trinajstić information content (AvgIpc) is 3.04. The summed E-state index contributed by atoms with van der Waals surface area (Å²) in [6, 6.07) is 14.7. The van der Waals surface area contributed by atoms with Crippen molar-refractivity contribution in [2.75, 3.05) is 17.2 Å². The Morgan fingerprint density at radius 2 is 1.86 bits per heavy atom. The van der Waals surface area contributed by atoms with Gasteiger partial charge in [0.25, 0.3) is 0 Å². The van der Waals surface area contributed by atoms with Gasteiger partial charge in [0.15, 0.2) is 0 Å². The maximum absolute atomic E-state index is 13.2. The van der Waals surface area contributed by atoms with E-state index in [4.69, 9.17) is 0 Å². The average molecular weight is 375 g/mol. The van der Waals surface area contributed by atoms with Crippen LogP contribution in [0.25, 0.3) is 22.2 Å². The summed E-state index contributed by atoms with van der Waals surface area (Å²) < 4.78 is 13.2. The number of benzene rings is 2. The number of halogens is 1. The maximum atomic E-state index is 13.2. The summed E-state index contributed by atoms with van der Waals surface area (Å²) in [6.07, 6.45) is 1.74. The van der Waals surface area contributed by atoms with Crippen LogP contribution in [0, 0.1) is 12.7 Å². The van der Waals surface area contributed by atoms with Crippen molar-refractivity contribution in [3.8, 4) is 11.3 Å².